The number of hydrogen-bond acceptors (Lipinski definition) is 7. The normalized spacial score (nSPS) is 17.2. The number of piperazine rings is 1. The van der Waals surface area contributed by atoms with Gasteiger partial charge in [-0.25, -0.2) is 4.98 Å². The molecule has 3 rings (SSSR count). The predicted octanol–water partition coefficient (Wildman–Crippen LogP) is -0.135. The zero-order valence-electron chi connectivity index (χ0n) is 13.2. The number of β-amino-alcohol motifs (C(OH)–C–C–N with tert-alkyl or cyclic N) is 1. The van der Waals surface area contributed by atoms with Crippen LogP contribution in [0, 0.1) is 0 Å². The van der Waals surface area contributed by atoms with Crippen molar-refractivity contribution in [3.05, 3.63) is 30.7 Å². The van der Waals surface area contributed by atoms with Gasteiger partial charge in [-0.2, -0.15) is 10.1 Å². The van der Waals surface area contributed by atoms with Gasteiger partial charge in [-0.3, -0.25) is 9.58 Å². The number of rotatable bonds is 6. The van der Waals surface area contributed by atoms with Gasteiger partial charge >= 0.3 is 0 Å². The van der Waals surface area contributed by atoms with Gasteiger partial charge < -0.3 is 14.7 Å². The first-order valence-corrected chi connectivity index (χ1v) is 7.74. The van der Waals surface area contributed by atoms with Crippen molar-refractivity contribution in [1.82, 2.24) is 24.6 Å². The molecule has 0 aliphatic carbocycles. The molecule has 124 valence electrons. The summed E-state index contributed by atoms with van der Waals surface area (Å²) in [5.74, 6) is 1.27. The van der Waals surface area contributed by atoms with Crippen molar-refractivity contribution < 1.29 is 9.84 Å². The van der Waals surface area contributed by atoms with Crippen molar-refractivity contribution >= 4 is 5.95 Å². The topological polar surface area (TPSA) is 79.5 Å². The van der Waals surface area contributed by atoms with Crippen LogP contribution in [0.4, 0.5) is 5.95 Å². The van der Waals surface area contributed by atoms with E-state index in [0.717, 1.165) is 26.2 Å². The van der Waals surface area contributed by atoms with Crippen LogP contribution in [0.1, 0.15) is 0 Å². The molecule has 0 amide bonds. The molecule has 8 nitrogen and oxygen atoms in total. The third-order valence-electron chi connectivity index (χ3n) is 3.91. The summed E-state index contributed by atoms with van der Waals surface area (Å²) in [4.78, 5) is 13.1. The fourth-order valence-electron chi connectivity index (χ4n) is 2.71. The Labute approximate surface area is 135 Å². The van der Waals surface area contributed by atoms with Crippen LogP contribution in [0.15, 0.2) is 30.7 Å². The number of methoxy groups -OCH3 is 1. The minimum Gasteiger partial charge on any atom is -0.481 e. The van der Waals surface area contributed by atoms with Gasteiger partial charge in [0.2, 0.25) is 11.8 Å². The van der Waals surface area contributed by atoms with Gasteiger partial charge in [0.05, 0.1) is 19.8 Å². The predicted molar refractivity (Wildman–Crippen MR) is 85.5 cm³/mol. The molecule has 1 atom stereocenters. The van der Waals surface area contributed by atoms with Gasteiger partial charge in [0.1, 0.15) is 0 Å². The molecular weight excluding hydrogens is 296 g/mol. The van der Waals surface area contributed by atoms with Crippen LogP contribution in [0.2, 0.25) is 0 Å². The maximum Gasteiger partial charge on any atom is 0.228 e. The van der Waals surface area contributed by atoms with Crippen LogP contribution < -0.4 is 9.64 Å². The maximum atomic E-state index is 10.2. The summed E-state index contributed by atoms with van der Waals surface area (Å²) in [6.07, 6.45) is 4.87. The van der Waals surface area contributed by atoms with Crippen LogP contribution in [-0.4, -0.2) is 75.7 Å². The van der Waals surface area contributed by atoms with Gasteiger partial charge in [0.25, 0.3) is 0 Å². The number of ether oxygens (including phenoxy) is 1. The lowest BCUT2D eigenvalue weighted by Crippen LogP contribution is -2.49. The quantitative estimate of drug-likeness (QED) is 0.794. The van der Waals surface area contributed by atoms with Gasteiger partial charge in [-0.05, 0) is 6.07 Å². The lowest BCUT2D eigenvalue weighted by molar-refractivity contribution is 0.0919. The van der Waals surface area contributed by atoms with Crippen molar-refractivity contribution in [2.24, 2.45) is 0 Å². The number of aromatic nitrogens is 4. The minimum absolute atomic E-state index is 0.422. The summed E-state index contributed by atoms with van der Waals surface area (Å²) in [5, 5.41) is 14.3. The van der Waals surface area contributed by atoms with E-state index >= 15 is 0 Å². The van der Waals surface area contributed by atoms with Gasteiger partial charge in [0, 0.05) is 57.4 Å². The lowest BCUT2D eigenvalue weighted by Gasteiger charge is -2.35. The minimum atomic E-state index is -0.422. The Bertz CT molecular complexity index is 598. The zero-order valence-corrected chi connectivity index (χ0v) is 13.2. The Morgan fingerprint density at radius 1 is 1.22 bits per heavy atom. The Kier molecular flexibility index (Phi) is 5.04. The summed E-state index contributed by atoms with van der Waals surface area (Å²) < 4.78 is 6.89. The van der Waals surface area contributed by atoms with E-state index in [9.17, 15) is 5.11 Å². The van der Waals surface area contributed by atoms with Gasteiger partial charge in [-0.15, -0.1) is 0 Å². The number of hydrogen-bond donors (Lipinski definition) is 1. The number of aliphatic hydroxyl groups is 1. The summed E-state index contributed by atoms with van der Waals surface area (Å²) in [5.41, 5.74) is 0. The molecule has 1 aliphatic rings. The van der Waals surface area contributed by atoms with E-state index in [-0.39, 0.29) is 0 Å². The molecule has 0 aromatic carbocycles. The second kappa shape index (κ2) is 7.38. The Balaban J connectivity index is 1.48. The Morgan fingerprint density at radius 3 is 2.74 bits per heavy atom. The van der Waals surface area contributed by atoms with E-state index in [1.165, 1.54) is 0 Å². The van der Waals surface area contributed by atoms with E-state index in [1.54, 1.807) is 30.3 Å². The number of nitrogens with zero attached hydrogens (tertiary/aromatic N) is 6. The first kappa shape index (κ1) is 15.7. The molecule has 2 aromatic rings. The third kappa shape index (κ3) is 4.17. The molecule has 3 heterocycles. The highest BCUT2D eigenvalue weighted by Gasteiger charge is 2.21. The number of aliphatic hydroxyl groups excluding tert-OH is 1. The average molecular weight is 318 g/mol. The molecule has 23 heavy (non-hydrogen) atoms. The van der Waals surface area contributed by atoms with Gasteiger partial charge in [0.15, 0.2) is 0 Å². The first-order valence-electron chi connectivity index (χ1n) is 7.74. The van der Waals surface area contributed by atoms with Crippen LogP contribution >= 0.6 is 0 Å². The number of anilines is 1. The van der Waals surface area contributed by atoms with E-state index in [0.29, 0.717) is 24.9 Å². The molecule has 1 N–H and O–H groups in total. The summed E-state index contributed by atoms with van der Waals surface area (Å²) in [6.45, 7) is 4.58. The fraction of sp³-hybridized carbons (Fsp3) is 0.533. The molecule has 8 heteroatoms. The van der Waals surface area contributed by atoms with E-state index in [1.807, 2.05) is 12.3 Å². The molecule has 1 aliphatic heterocycles. The first-order chi connectivity index (χ1) is 11.2. The van der Waals surface area contributed by atoms with Crippen molar-refractivity contribution in [3.8, 4) is 5.88 Å². The molecule has 0 bridgehead atoms. The lowest BCUT2D eigenvalue weighted by atomic mass is 10.2. The highest BCUT2D eigenvalue weighted by molar-refractivity contribution is 5.32. The van der Waals surface area contributed by atoms with Crippen molar-refractivity contribution in [3.63, 3.8) is 0 Å². The Hall–Kier alpha value is -2.19. The zero-order chi connectivity index (χ0) is 16.1. The van der Waals surface area contributed by atoms with Crippen molar-refractivity contribution in [2.45, 2.75) is 12.6 Å². The molecule has 2 aromatic heterocycles. The molecule has 1 unspecified atom stereocenters. The monoisotopic (exact) mass is 318 g/mol. The van der Waals surface area contributed by atoms with E-state index in [2.05, 4.69) is 24.9 Å². The Morgan fingerprint density at radius 2 is 2.04 bits per heavy atom. The fourth-order valence-corrected chi connectivity index (χ4v) is 2.71. The van der Waals surface area contributed by atoms with Crippen LogP contribution in [0.25, 0.3) is 0 Å². The summed E-state index contributed by atoms with van der Waals surface area (Å²) in [7, 11) is 1.60. The molecule has 1 fully saturated rings. The second-order valence-corrected chi connectivity index (χ2v) is 5.57. The molecule has 0 radical (unpaired) electrons. The van der Waals surface area contributed by atoms with Crippen molar-refractivity contribution in [2.75, 3.05) is 44.7 Å². The molecule has 0 spiro atoms. The van der Waals surface area contributed by atoms with Crippen molar-refractivity contribution in [1.29, 1.82) is 0 Å². The van der Waals surface area contributed by atoms with Gasteiger partial charge in [-0.1, -0.05) is 0 Å². The molecular formula is C15H22N6O2. The summed E-state index contributed by atoms with van der Waals surface area (Å²) in [6, 6.07) is 3.60. The maximum absolute atomic E-state index is 10.2. The third-order valence-corrected chi connectivity index (χ3v) is 3.91. The van der Waals surface area contributed by atoms with Crippen LogP contribution in [0.3, 0.4) is 0 Å². The second-order valence-electron chi connectivity index (χ2n) is 5.57. The molecule has 0 saturated carbocycles. The van der Waals surface area contributed by atoms with Crippen LogP contribution in [0.5, 0.6) is 5.88 Å². The average Bonchev–Trinajstić information content (AvgIpc) is 3.08. The largest absolute Gasteiger partial charge is 0.481 e. The highest BCUT2D eigenvalue weighted by Crippen LogP contribution is 2.14. The van der Waals surface area contributed by atoms with E-state index < -0.39 is 6.10 Å². The SMILES string of the molecule is COc1ccnc(N2CCN(CC(O)Cn3cccn3)CC2)n1. The standard InChI is InChI=1S/C15H22N6O2/c1-23-14-3-5-16-15(18-14)20-9-7-19(8-10-20)11-13(22)12-21-6-2-4-17-21/h2-6,13,22H,7-12H2,1H3. The summed E-state index contributed by atoms with van der Waals surface area (Å²) >= 11 is 0. The smallest absolute Gasteiger partial charge is 0.228 e. The molecule has 1 saturated heterocycles. The highest BCUT2D eigenvalue weighted by atomic mass is 16.5. The van der Waals surface area contributed by atoms with E-state index in [4.69, 9.17) is 4.74 Å². The van der Waals surface area contributed by atoms with Crippen LogP contribution in [-0.2, 0) is 6.54 Å².